The van der Waals surface area contributed by atoms with Gasteiger partial charge in [0.25, 0.3) is 11.7 Å². The summed E-state index contributed by atoms with van der Waals surface area (Å²) in [4.78, 5) is 31.6. The number of furan rings is 1. The van der Waals surface area contributed by atoms with E-state index in [4.69, 9.17) is 9.15 Å². The maximum absolute atomic E-state index is 13.1. The monoisotopic (exact) mass is 447 g/mol. The average molecular weight is 447 g/mol. The minimum Gasteiger partial charge on any atom is -0.507 e. The number of imidazole rings is 1. The van der Waals surface area contributed by atoms with Crippen LogP contribution < -0.4 is 4.74 Å². The van der Waals surface area contributed by atoms with Gasteiger partial charge in [0.15, 0.2) is 0 Å². The lowest BCUT2D eigenvalue weighted by Crippen LogP contribution is -2.31. The lowest BCUT2D eigenvalue weighted by Gasteiger charge is -2.23. The fraction of sp³-hybridized carbons (Fsp3) is 0.320. The van der Waals surface area contributed by atoms with Gasteiger partial charge >= 0.3 is 0 Å². The number of benzene rings is 1. The van der Waals surface area contributed by atoms with E-state index in [-0.39, 0.29) is 17.4 Å². The number of aliphatic hydroxyl groups excluding tert-OH is 1. The standard InChI is InChI=1S/C25H25N3O5/c1-15-4-6-20(32-15)22-21(23(29)17-5-7-19-18(13-17)12-16(2)33-19)24(30)25(31)28(22)10-3-9-27-11-8-26-14-27/h4-8,11,13-14,16,22,29H,3,9-10,12H2,1-2H3/b23-21+/t16-,22+/m1/s1. The third-order valence-corrected chi connectivity index (χ3v) is 6.11. The molecule has 1 fully saturated rings. The minimum absolute atomic E-state index is 0.0453. The molecule has 1 aromatic carbocycles. The van der Waals surface area contributed by atoms with E-state index in [9.17, 15) is 14.7 Å². The second-order valence-electron chi connectivity index (χ2n) is 8.55. The molecule has 33 heavy (non-hydrogen) atoms. The number of ketones is 1. The number of aromatic nitrogens is 2. The predicted octanol–water partition coefficient (Wildman–Crippen LogP) is 3.62. The predicted molar refractivity (Wildman–Crippen MR) is 120 cm³/mol. The van der Waals surface area contributed by atoms with Crippen molar-refractivity contribution in [3.05, 3.63) is 77.3 Å². The number of hydrogen-bond donors (Lipinski definition) is 1. The largest absolute Gasteiger partial charge is 0.507 e. The highest BCUT2D eigenvalue weighted by molar-refractivity contribution is 6.46. The Morgan fingerprint density at radius 2 is 2.06 bits per heavy atom. The molecular formula is C25H25N3O5. The molecule has 2 aliphatic rings. The number of rotatable bonds is 6. The molecule has 8 heteroatoms. The molecule has 0 spiro atoms. The lowest BCUT2D eigenvalue weighted by molar-refractivity contribution is -0.140. The third kappa shape index (κ3) is 3.82. The Balaban J connectivity index is 1.51. The quantitative estimate of drug-likeness (QED) is 0.352. The molecule has 0 radical (unpaired) electrons. The molecule has 4 heterocycles. The van der Waals surface area contributed by atoms with Crippen LogP contribution in [-0.2, 0) is 22.6 Å². The van der Waals surface area contributed by atoms with Gasteiger partial charge in [0, 0.05) is 37.5 Å². The van der Waals surface area contributed by atoms with E-state index in [2.05, 4.69) is 4.98 Å². The Labute approximate surface area is 191 Å². The maximum atomic E-state index is 13.1. The number of ether oxygens (including phenoxy) is 1. The van der Waals surface area contributed by atoms with Gasteiger partial charge in [-0.2, -0.15) is 0 Å². The van der Waals surface area contributed by atoms with E-state index >= 15 is 0 Å². The fourth-order valence-corrected chi connectivity index (χ4v) is 4.57. The van der Waals surface area contributed by atoms with Crippen molar-refractivity contribution >= 4 is 17.4 Å². The van der Waals surface area contributed by atoms with E-state index in [1.54, 1.807) is 43.7 Å². The molecule has 2 aromatic heterocycles. The highest BCUT2D eigenvalue weighted by atomic mass is 16.5. The molecule has 1 saturated heterocycles. The topological polar surface area (TPSA) is 97.8 Å². The number of hydrogen-bond acceptors (Lipinski definition) is 6. The highest BCUT2D eigenvalue weighted by Gasteiger charge is 2.47. The van der Waals surface area contributed by atoms with Crippen molar-refractivity contribution in [1.82, 2.24) is 14.5 Å². The summed E-state index contributed by atoms with van der Waals surface area (Å²) in [5.41, 5.74) is 1.49. The normalized spacial score (nSPS) is 21.5. The van der Waals surface area contributed by atoms with Crippen LogP contribution in [0.2, 0.25) is 0 Å². The molecule has 2 atom stereocenters. The summed E-state index contributed by atoms with van der Waals surface area (Å²) >= 11 is 0. The smallest absolute Gasteiger partial charge is 0.295 e. The van der Waals surface area contributed by atoms with Gasteiger partial charge in [-0.15, -0.1) is 0 Å². The molecule has 1 N–H and O–H groups in total. The first-order valence-corrected chi connectivity index (χ1v) is 11.0. The maximum Gasteiger partial charge on any atom is 0.295 e. The van der Waals surface area contributed by atoms with Crippen molar-refractivity contribution in [2.75, 3.05) is 6.54 Å². The number of Topliss-reactive ketones (excluding diaryl/α,β-unsaturated/α-hetero) is 1. The van der Waals surface area contributed by atoms with Gasteiger partial charge in [0.2, 0.25) is 0 Å². The van der Waals surface area contributed by atoms with E-state index in [1.807, 2.05) is 23.8 Å². The Bertz CT molecular complexity index is 1240. The first-order valence-electron chi connectivity index (χ1n) is 11.0. The number of likely N-dealkylation sites (tertiary alicyclic amines) is 1. The Morgan fingerprint density at radius 3 is 2.79 bits per heavy atom. The van der Waals surface area contributed by atoms with Crippen LogP contribution in [0.15, 0.2) is 59.0 Å². The van der Waals surface area contributed by atoms with Crippen molar-refractivity contribution in [3.8, 4) is 5.75 Å². The van der Waals surface area contributed by atoms with Crippen molar-refractivity contribution < 1.29 is 23.8 Å². The summed E-state index contributed by atoms with van der Waals surface area (Å²) in [6.45, 7) is 4.76. The van der Waals surface area contributed by atoms with Gasteiger partial charge in [0.1, 0.15) is 35.2 Å². The number of amides is 1. The van der Waals surface area contributed by atoms with Crippen LogP contribution in [0.25, 0.3) is 5.76 Å². The summed E-state index contributed by atoms with van der Waals surface area (Å²) in [6.07, 6.45) is 6.65. The highest BCUT2D eigenvalue weighted by Crippen LogP contribution is 2.41. The fourth-order valence-electron chi connectivity index (χ4n) is 4.57. The van der Waals surface area contributed by atoms with Crippen LogP contribution in [0.4, 0.5) is 0 Å². The second kappa shape index (κ2) is 8.27. The molecule has 1 amide bonds. The Hall–Kier alpha value is -3.81. The van der Waals surface area contributed by atoms with Crippen LogP contribution in [0.1, 0.15) is 42.0 Å². The Kier molecular flexibility index (Phi) is 5.28. The van der Waals surface area contributed by atoms with Crippen LogP contribution in [0.5, 0.6) is 5.75 Å². The first-order chi connectivity index (χ1) is 15.9. The Morgan fingerprint density at radius 1 is 1.21 bits per heavy atom. The zero-order valence-corrected chi connectivity index (χ0v) is 18.5. The SMILES string of the molecule is Cc1ccc([C@H]2/C(=C(\O)c3ccc4c(c3)C[C@@H](C)O4)C(=O)C(=O)N2CCCn2ccnc2)o1. The van der Waals surface area contributed by atoms with Crippen LogP contribution in [0.3, 0.4) is 0 Å². The summed E-state index contributed by atoms with van der Waals surface area (Å²) in [6, 6.07) is 8.08. The number of fused-ring (bicyclic) bond motifs is 1. The molecule has 0 unspecified atom stereocenters. The summed E-state index contributed by atoms with van der Waals surface area (Å²) in [5.74, 6) is 0.342. The second-order valence-corrected chi connectivity index (χ2v) is 8.55. The van der Waals surface area contributed by atoms with Crippen molar-refractivity contribution in [3.63, 3.8) is 0 Å². The summed E-state index contributed by atoms with van der Waals surface area (Å²) in [7, 11) is 0. The van der Waals surface area contributed by atoms with Gasteiger partial charge in [-0.25, -0.2) is 4.98 Å². The molecule has 0 aliphatic carbocycles. The summed E-state index contributed by atoms with van der Waals surface area (Å²) < 4.78 is 13.5. The van der Waals surface area contributed by atoms with Gasteiger partial charge in [-0.05, 0) is 56.2 Å². The molecule has 5 rings (SSSR count). The van der Waals surface area contributed by atoms with Gasteiger partial charge in [-0.3, -0.25) is 9.59 Å². The van der Waals surface area contributed by atoms with Crippen molar-refractivity contribution in [1.29, 1.82) is 0 Å². The minimum atomic E-state index is -0.787. The third-order valence-electron chi connectivity index (χ3n) is 6.11. The van der Waals surface area contributed by atoms with Gasteiger partial charge < -0.3 is 23.7 Å². The van der Waals surface area contributed by atoms with E-state index in [1.165, 1.54) is 4.90 Å². The van der Waals surface area contributed by atoms with E-state index in [0.29, 0.717) is 36.6 Å². The van der Waals surface area contributed by atoms with Gasteiger partial charge in [0.05, 0.1) is 11.9 Å². The molecule has 170 valence electrons. The number of nitrogens with zero attached hydrogens (tertiary/aromatic N) is 3. The van der Waals surface area contributed by atoms with E-state index in [0.717, 1.165) is 17.7 Å². The molecule has 0 bridgehead atoms. The summed E-state index contributed by atoms with van der Waals surface area (Å²) in [5, 5.41) is 11.2. The lowest BCUT2D eigenvalue weighted by atomic mass is 9.97. The molecule has 2 aliphatic heterocycles. The van der Waals surface area contributed by atoms with Crippen LogP contribution >= 0.6 is 0 Å². The zero-order valence-electron chi connectivity index (χ0n) is 18.5. The number of carbonyl (C=O) groups is 2. The molecule has 3 aromatic rings. The van der Waals surface area contributed by atoms with E-state index < -0.39 is 17.7 Å². The average Bonchev–Trinajstić information content (AvgIpc) is 3.57. The number of carbonyl (C=O) groups excluding carboxylic acids is 2. The number of aliphatic hydroxyl groups is 1. The zero-order chi connectivity index (χ0) is 23.1. The molecule has 0 saturated carbocycles. The first kappa shape index (κ1) is 21.1. The van der Waals surface area contributed by atoms with Crippen LogP contribution in [0, 0.1) is 6.92 Å². The molecule has 8 nitrogen and oxygen atoms in total. The number of aryl methyl sites for hydroxylation is 2. The van der Waals surface area contributed by atoms with Crippen molar-refractivity contribution in [2.45, 2.75) is 45.4 Å². The van der Waals surface area contributed by atoms with Crippen molar-refractivity contribution in [2.24, 2.45) is 0 Å². The molecular weight excluding hydrogens is 422 g/mol. The van der Waals surface area contributed by atoms with Gasteiger partial charge in [-0.1, -0.05) is 0 Å². The van der Waals surface area contributed by atoms with Crippen LogP contribution in [-0.4, -0.2) is 43.9 Å².